The lowest BCUT2D eigenvalue weighted by atomic mass is 9.95. The summed E-state index contributed by atoms with van der Waals surface area (Å²) in [6, 6.07) is 9.69. The van der Waals surface area contributed by atoms with Gasteiger partial charge in [-0.15, -0.1) is 0 Å². The van der Waals surface area contributed by atoms with Crippen molar-refractivity contribution < 1.29 is 31.9 Å². The summed E-state index contributed by atoms with van der Waals surface area (Å²) in [5.74, 6) is -0.657. The molecule has 0 saturated heterocycles. The molecule has 1 heterocycles. The third-order valence-corrected chi connectivity index (χ3v) is 8.05. The minimum Gasteiger partial charge on any atom is -0.486 e. The zero-order chi connectivity index (χ0) is 27.3. The van der Waals surface area contributed by atoms with Crippen molar-refractivity contribution in [1.29, 1.82) is 0 Å². The zero-order valence-electron chi connectivity index (χ0n) is 21.7. The first-order valence-corrected chi connectivity index (χ1v) is 14.7. The van der Waals surface area contributed by atoms with Crippen LogP contribution < -0.4 is 19.1 Å². The average Bonchev–Trinajstić information content (AvgIpc) is 2.90. The van der Waals surface area contributed by atoms with Crippen LogP contribution in [0.2, 0.25) is 0 Å². The fourth-order valence-electron chi connectivity index (χ4n) is 4.76. The largest absolute Gasteiger partial charge is 0.486 e. The SMILES string of the molecule is C[C@H](C(=O)NC1CCCCC1)N(Cc1ccccc1F)C(=O)CN(c1ccc2c(c1)OCCO2)S(C)(=O)=O. The fourth-order valence-corrected chi connectivity index (χ4v) is 5.60. The van der Waals surface area contributed by atoms with Crippen LogP contribution in [0, 0.1) is 5.82 Å². The summed E-state index contributed by atoms with van der Waals surface area (Å²) >= 11 is 0. The lowest BCUT2D eigenvalue weighted by molar-refractivity contribution is -0.139. The van der Waals surface area contributed by atoms with E-state index in [4.69, 9.17) is 9.47 Å². The van der Waals surface area contributed by atoms with Gasteiger partial charge in [0.1, 0.15) is 31.6 Å². The van der Waals surface area contributed by atoms with Gasteiger partial charge >= 0.3 is 0 Å². The van der Waals surface area contributed by atoms with Gasteiger partial charge in [0.25, 0.3) is 0 Å². The summed E-state index contributed by atoms with van der Waals surface area (Å²) in [5.41, 5.74) is 0.443. The molecule has 0 unspecified atom stereocenters. The van der Waals surface area contributed by atoms with Gasteiger partial charge in [-0.3, -0.25) is 13.9 Å². The monoisotopic (exact) mass is 547 g/mol. The highest BCUT2D eigenvalue weighted by Gasteiger charge is 2.32. The van der Waals surface area contributed by atoms with Gasteiger partial charge in [-0.05, 0) is 38.0 Å². The van der Waals surface area contributed by atoms with Gasteiger partial charge in [0.2, 0.25) is 21.8 Å². The molecule has 2 aromatic carbocycles. The molecule has 0 radical (unpaired) electrons. The van der Waals surface area contributed by atoms with E-state index >= 15 is 0 Å². The Labute approximate surface area is 222 Å². The second-order valence-electron chi connectivity index (χ2n) is 9.73. The number of fused-ring (bicyclic) bond motifs is 1. The number of nitrogens with zero attached hydrogens (tertiary/aromatic N) is 2. The Morgan fingerprint density at radius 1 is 1.05 bits per heavy atom. The maximum absolute atomic E-state index is 14.6. The third-order valence-electron chi connectivity index (χ3n) is 6.91. The predicted octanol–water partition coefficient (Wildman–Crippen LogP) is 3.23. The first kappa shape index (κ1) is 27.7. The van der Waals surface area contributed by atoms with E-state index in [2.05, 4.69) is 5.32 Å². The van der Waals surface area contributed by atoms with Crippen molar-refractivity contribution in [3.63, 3.8) is 0 Å². The molecule has 1 aliphatic carbocycles. The van der Waals surface area contributed by atoms with Crippen LogP contribution in [0.25, 0.3) is 0 Å². The minimum absolute atomic E-state index is 0.0225. The molecule has 2 aliphatic rings. The zero-order valence-corrected chi connectivity index (χ0v) is 22.5. The molecular formula is C27H34FN3O6S. The molecule has 38 heavy (non-hydrogen) atoms. The summed E-state index contributed by atoms with van der Waals surface area (Å²) in [6.07, 6.45) is 5.90. The maximum atomic E-state index is 14.6. The second kappa shape index (κ2) is 12.0. The summed E-state index contributed by atoms with van der Waals surface area (Å²) in [6.45, 7) is 1.51. The summed E-state index contributed by atoms with van der Waals surface area (Å²) < 4.78 is 52.2. The van der Waals surface area contributed by atoms with E-state index in [9.17, 15) is 22.4 Å². The molecule has 9 nitrogen and oxygen atoms in total. The van der Waals surface area contributed by atoms with E-state index in [1.165, 1.54) is 35.2 Å². The molecule has 0 aromatic heterocycles. The van der Waals surface area contributed by atoms with Crippen molar-refractivity contribution in [3.05, 3.63) is 53.8 Å². The number of hydrogen-bond acceptors (Lipinski definition) is 6. The van der Waals surface area contributed by atoms with Gasteiger partial charge in [0.15, 0.2) is 11.5 Å². The molecule has 2 amide bonds. The molecule has 0 bridgehead atoms. The number of carbonyl (C=O) groups excluding carboxylic acids is 2. The van der Waals surface area contributed by atoms with Gasteiger partial charge in [0.05, 0.1) is 11.9 Å². The minimum atomic E-state index is -3.91. The molecule has 1 saturated carbocycles. The van der Waals surface area contributed by atoms with Crippen LogP contribution in [-0.4, -0.2) is 63.2 Å². The highest BCUT2D eigenvalue weighted by molar-refractivity contribution is 7.92. The van der Waals surface area contributed by atoms with Gasteiger partial charge in [-0.25, -0.2) is 12.8 Å². The van der Waals surface area contributed by atoms with E-state index in [0.29, 0.717) is 24.7 Å². The lowest BCUT2D eigenvalue weighted by Gasteiger charge is -2.33. The number of benzene rings is 2. The van der Waals surface area contributed by atoms with Gasteiger partial charge in [-0.2, -0.15) is 0 Å². The van der Waals surface area contributed by atoms with Crippen LogP contribution in [0.5, 0.6) is 11.5 Å². The molecule has 1 aliphatic heterocycles. The molecule has 1 N–H and O–H groups in total. The van der Waals surface area contributed by atoms with E-state index in [1.807, 2.05) is 0 Å². The van der Waals surface area contributed by atoms with Crippen LogP contribution >= 0.6 is 0 Å². The first-order valence-electron chi connectivity index (χ1n) is 12.8. The lowest BCUT2D eigenvalue weighted by Crippen LogP contribution is -2.53. The number of carbonyl (C=O) groups is 2. The Kier molecular flexibility index (Phi) is 8.76. The Morgan fingerprint density at radius 2 is 1.74 bits per heavy atom. The number of ether oxygens (including phenoxy) is 2. The smallest absolute Gasteiger partial charge is 0.244 e. The highest BCUT2D eigenvalue weighted by Crippen LogP contribution is 2.34. The molecule has 2 aromatic rings. The Hall–Kier alpha value is -3.34. The molecule has 0 spiro atoms. The molecule has 1 atom stereocenters. The quantitative estimate of drug-likeness (QED) is 0.517. The van der Waals surface area contributed by atoms with Gasteiger partial charge < -0.3 is 19.7 Å². The number of halogens is 1. The van der Waals surface area contributed by atoms with Gasteiger partial charge in [0, 0.05) is 24.2 Å². The number of sulfonamides is 1. The number of nitrogens with one attached hydrogen (secondary N) is 1. The summed E-state index contributed by atoms with van der Waals surface area (Å²) in [5, 5.41) is 3.01. The van der Waals surface area contributed by atoms with E-state index in [0.717, 1.165) is 42.7 Å². The third kappa shape index (κ3) is 6.75. The summed E-state index contributed by atoms with van der Waals surface area (Å²) in [4.78, 5) is 28.1. The van der Waals surface area contributed by atoms with Crippen LogP contribution in [0.3, 0.4) is 0 Å². The van der Waals surface area contributed by atoms with Gasteiger partial charge in [-0.1, -0.05) is 37.5 Å². The van der Waals surface area contributed by atoms with Crippen molar-refractivity contribution in [1.82, 2.24) is 10.2 Å². The molecule has 4 rings (SSSR count). The summed E-state index contributed by atoms with van der Waals surface area (Å²) in [7, 11) is -3.91. The number of amides is 2. The van der Waals surface area contributed by atoms with Crippen LogP contribution in [0.4, 0.5) is 10.1 Å². The topological polar surface area (TPSA) is 105 Å². The van der Waals surface area contributed by atoms with E-state index in [1.54, 1.807) is 19.1 Å². The van der Waals surface area contributed by atoms with Crippen molar-refractivity contribution in [2.45, 2.75) is 57.7 Å². The highest BCUT2D eigenvalue weighted by atomic mass is 32.2. The second-order valence-corrected chi connectivity index (χ2v) is 11.6. The maximum Gasteiger partial charge on any atom is 0.244 e. The number of hydrogen-bond donors (Lipinski definition) is 1. The van der Waals surface area contributed by atoms with Crippen molar-refractivity contribution >= 4 is 27.5 Å². The normalized spacial score (nSPS) is 16.4. The average molecular weight is 548 g/mol. The Morgan fingerprint density at radius 3 is 2.42 bits per heavy atom. The fraction of sp³-hybridized carbons (Fsp3) is 0.481. The van der Waals surface area contributed by atoms with Crippen molar-refractivity contribution in [2.75, 3.05) is 30.3 Å². The number of anilines is 1. The molecular weight excluding hydrogens is 513 g/mol. The van der Waals surface area contributed by atoms with Crippen molar-refractivity contribution in [2.24, 2.45) is 0 Å². The number of rotatable bonds is 9. The molecule has 1 fully saturated rings. The van der Waals surface area contributed by atoms with E-state index in [-0.39, 0.29) is 29.7 Å². The molecule has 206 valence electrons. The first-order chi connectivity index (χ1) is 18.1. The van der Waals surface area contributed by atoms with Crippen LogP contribution in [0.15, 0.2) is 42.5 Å². The standard InChI is InChI=1S/C27H34FN3O6S/c1-19(27(33)29-21-9-4-3-5-10-21)30(17-20-8-6-7-11-23(20)28)26(32)18-31(38(2,34)35)22-12-13-24-25(16-22)37-15-14-36-24/h6-8,11-13,16,19,21H,3-5,9-10,14-15,17-18H2,1-2H3,(H,29,33)/t19-/m1/s1. The van der Waals surface area contributed by atoms with E-state index < -0.39 is 34.3 Å². The van der Waals surface area contributed by atoms with Crippen LogP contribution in [0.1, 0.15) is 44.6 Å². The Bertz CT molecular complexity index is 1270. The molecule has 11 heteroatoms. The van der Waals surface area contributed by atoms with Crippen molar-refractivity contribution in [3.8, 4) is 11.5 Å². The Balaban J connectivity index is 1.60. The predicted molar refractivity (Wildman–Crippen MR) is 141 cm³/mol. The van der Waals surface area contributed by atoms with Crippen LogP contribution in [-0.2, 0) is 26.2 Å².